The number of aliphatic imine (C=N–C) groups is 1. The van der Waals surface area contributed by atoms with Gasteiger partial charge in [-0.3, -0.25) is 4.99 Å². The van der Waals surface area contributed by atoms with E-state index in [0.29, 0.717) is 13.1 Å². The first kappa shape index (κ1) is 16.7. The molecule has 0 aliphatic rings. The number of hydrogen-bond acceptors (Lipinski definition) is 3. The summed E-state index contributed by atoms with van der Waals surface area (Å²) in [5, 5.41) is 0. The van der Waals surface area contributed by atoms with Crippen molar-refractivity contribution >= 4 is 11.9 Å². The van der Waals surface area contributed by atoms with Crippen LogP contribution < -0.4 is 0 Å². The lowest BCUT2D eigenvalue weighted by Crippen LogP contribution is -2.43. The van der Waals surface area contributed by atoms with E-state index in [1.807, 2.05) is 39.6 Å². The lowest BCUT2D eigenvalue weighted by atomic mass is 10.2. The molecule has 18 heavy (non-hydrogen) atoms. The molecule has 5 heteroatoms. The molecule has 0 aliphatic heterocycles. The molecule has 0 spiro atoms. The molecule has 0 aromatic rings. The molecular weight excluding hydrogens is 230 g/mol. The van der Waals surface area contributed by atoms with Gasteiger partial charge in [0.15, 0.2) is 0 Å². The smallest absolute Gasteiger partial charge is 0.410 e. The molecule has 0 aromatic carbocycles. The van der Waals surface area contributed by atoms with Gasteiger partial charge >= 0.3 is 6.09 Å². The first-order valence-electron chi connectivity index (χ1n) is 6.39. The number of amidine groups is 1. The minimum absolute atomic E-state index is 0.296. The molecule has 0 bridgehead atoms. The van der Waals surface area contributed by atoms with Gasteiger partial charge in [0.2, 0.25) is 0 Å². The summed E-state index contributed by atoms with van der Waals surface area (Å²) < 4.78 is 5.36. The molecule has 0 heterocycles. The molecule has 0 unspecified atom stereocenters. The average molecular weight is 257 g/mol. The number of hydrogen-bond donors (Lipinski definition) is 0. The van der Waals surface area contributed by atoms with Gasteiger partial charge in [-0.1, -0.05) is 0 Å². The Kier molecular flexibility index (Phi) is 6.73. The van der Waals surface area contributed by atoms with Gasteiger partial charge in [0.25, 0.3) is 0 Å². The summed E-state index contributed by atoms with van der Waals surface area (Å²) in [5.41, 5.74) is -0.468. The molecule has 0 rings (SSSR count). The van der Waals surface area contributed by atoms with Crippen molar-refractivity contribution in [3.63, 3.8) is 0 Å². The maximum atomic E-state index is 12.0. The SMILES string of the molecule is CCN(C/C(=N/C)N(C)CC)C(=O)OC(C)(C)C. The van der Waals surface area contributed by atoms with Crippen LogP contribution >= 0.6 is 0 Å². The van der Waals surface area contributed by atoms with Crippen LogP contribution in [-0.2, 0) is 4.74 Å². The Morgan fingerprint density at radius 1 is 1.22 bits per heavy atom. The number of nitrogens with zero attached hydrogens (tertiary/aromatic N) is 3. The average Bonchev–Trinajstić information content (AvgIpc) is 2.27. The molecule has 0 aromatic heterocycles. The molecule has 0 atom stereocenters. The predicted octanol–water partition coefficient (Wildman–Crippen LogP) is 2.22. The maximum Gasteiger partial charge on any atom is 0.410 e. The molecule has 0 saturated heterocycles. The minimum atomic E-state index is -0.468. The van der Waals surface area contributed by atoms with Gasteiger partial charge in [0.05, 0.1) is 6.54 Å². The highest BCUT2D eigenvalue weighted by Gasteiger charge is 2.22. The Labute approximate surface area is 111 Å². The fourth-order valence-electron chi connectivity index (χ4n) is 1.35. The van der Waals surface area contributed by atoms with E-state index in [9.17, 15) is 4.79 Å². The number of carbonyl (C=O) groups is 1. The summed E-state index contributed by atoms with van der Waals surface area (Å²) in [7, 11) is 3.70. The van der Waals surface area contributed by atoms with Crippen LogP contribution in [0.4, 0.5) is 4.79 Å². The number of ether oxygens (including phenoxy) is 1. The van der Waals surface area contributed by atoms with Crippen LogP contribution in [-0.4, -0.2) is 61.1 Å². The standard InChI is InChI=1S/C13H27N3O2/c1-8-15(7)11(14-6)10-16(9-2)12(17)18-13(3,4)5/h8-10H2,1-7H3/b14-11-. The van der Waals surface area contributed by atoms with Crippen LogP contribution in [0, 0.1) is 0 Å². The minimum Gasteiger partial charge on any atom is -0.444 e. The van der Waals surface area contributed by atoms with Crippen molar-refractivity contribution in [1.82, 2.24) is 9.80 Å². The molecule has 0 aliphatic carbocycles. The third-order valence-corrected chi connectivity index (χ3v) is 2.54. The molecule has 1 amide bonds. The van der Waals surface area contributed by atoms with E-state index in [4.69, 9.17) is 4.74 Å². The maximum absolute atomic E-state index is 12.0. The molecule has 0 radical (unpaired) electrons. The fraction of sp³-hybridized carbons (Fsp3) is 0.846. The second-order valence-electron chi connectivity index (χ2n) is 5.15. The van der Waals surface area contributed by atoms with E-state index in [-0.39, 0.29) is 6.09 Å². The molecule has 5 nitrogen and oxygen atoms in total. The Balaban J connectivity index is 4.65. The zero-order chi connectivity index (χ0) is 14.3. The lowest BCUT2D eigenvalue weighted by molar-refractivity contribution is 0.0285. The highest BCUT2D eigenvalue weighted by Crippen LogP contribution is 2.10. The third-order valence-electron chi connectivity index (χ3n) is 2.54. The monoisotopic (exact) mass is 257 g/mol. The highest BCUT2D eigenvalue weighted by atomic mass is 16.6. The molecule has 0 fully saturated rings. The van der Waals surface area contributed by atoms with E-state index in [1.165, 1.54) is 0 Å². The summed E-state index contributed by atoms with van der Waals surface area (Å²) in [6, 6.07) is 0. The van der Waals surface area contributed by atoms with Crippen LogP contribution in [0.5, 0.6) is 0 Å². The van der Waals surface area contributed by atoms with Crippen molar-refractivity contribution in [2.45, 2.75) is 40.2 Å². The van der Waals surface area contributed by atoms with Gasteiger partial charge < -0.3 is 14.5 Å². The summed E-state index contributed by atoms with van der Waals surface area (Å²) in [4.78, 5) is 19.9. The summed E-state index contributed by atoms with van der Waals surface area (Å²) in [6.45, 7) is 11.5. The summed E-state index contributed by atoms with van der Waals surface area (Å²) in [5.74, 6) is 0.880. The van der Waals surface area contributed by atoms with Crippen LogP contribution in [0.3, 0.4) is 0 Å². The zero-order valence-corrected chi connectivity index (χ0v) is 12.8. The molecule has 0 N–H and O–H groups in total. The number of likely N-dealkylation sites (N-methyl/N-ethyl adjacent to an activating group) is 2. The Morgan fingerprint density at radius 3 is 2.11 bits per heavy atom. The van der Waals surface area contributed by atoms with Crippen LogP contribution in [0.25, 0.3) is 0 Å². The van der Waals surface area contributed by atoms with E-state index >= 15 is 0 Å². The van der Waals surface area contributed by atoms with Crippen LogP contribution in [0.15, 0.2) is 4.99 Å². The molecular formula is C13H27N3O2. The predicted molar refractivity (Wildman–Crippen MR) is 75.1 cm³/mol. The van der Waals surface area contributed by atoms with E-state index in [2.05, 4.69) is 11.9 Å². The summed E-state index contributed by atoms with van der Waals surface area (Å²) >= 11 is 0. The normalized spacial score (nSPS) is 12.3. The Bertz CT molecular complexity index is 295. The van der Waals surface area contributed by atoms with Crippen LogP contribution in [0.2, 0.25) is 0 Å². The van der Waals surface area contributed by atoms with Crippen molar-refractivity contribution in [1.29, 1.82) is 0 Å². The highest BCUT2D eigenvalue weighted by molar-refractivity contribution is 5.86. The van der Waals surface area contributed by atoms with Gasteiger partial charge in [-0.25, -0.2) is 4.79 Å². The van der Waals surface area contributed by atoms with Gasteiger partial charge in [0.1, 0.15) is 11.4 Å². The van der Waals surface area contributed by atoms with Crippen molar-refractivity contribution in [3.05, 3.63) is 0 Å². The van der Waals surface area contributed by atoms with Gasteiger partial charge in [0, 0.05) is 27.2 Å². The second kappa shape index (κ2) is 7.24. The fourth-order valence-corrected chi connectivity index (χ4v) is 1.35. The van der Waals surface area contributed by atoms with Crippen molar-refractivity contribution < 1.29 is 9.53 Å². The van der Waals surface area contributed by atoms with E-state index < -0.39 is 5.60 Å². The first-order valence-corrected chi connectivity index (χ1v) is 6.39. The summed E-state index contributed by atoms with van der Waals surface area (Å²) in [6.07, 6.45) is -0.296. The quantitative estimate of drug-likeness (QED) is 0.573. The molecule has 106 valence electrons. The molecule has 0 saturated carbocycles. The second-order valence-corrected chi connectivity index (χ2v) is 5.15. The van der Waals surface area contributed by atoms with Gasteiger partial charge in [-0.05, 0) is 34.6 Å². The van der Waals surface area contributed by atoms with Crippen molar-refractivity contribution in [3.8, 4) is 0 Å². The van der Waals surface area contributed by atoms with Gasteiger partial charge in [-0.15, -0.1) is 0 Å². The Hall–Kier alpha value is -1.26. The third kappa shape index (κ3) is 5.89. The number of rotatable bonds is 4. The van der Waals surface area contributed by atoms with Gasteiger partial charge in [-0.2, -0.15) is 0 Å². The topological polar surface area (TPSA) is 45.1 Å². The zero-order valence-electron chi connectivity index (χ0n) is 12.8. The lowest BCUT2D eigenvalue weighted by Gasteiger charge is -2.29. The first-order chi connectivity index (χ1) is 8.25. The van der Waals surface area contributed by atoms with Crippen LogP contribution in [0.1, 0.15) is 34.6 Å². The number of carbonyl (C=O) groups excluding carboxylic acids is 1. The van der Waals surface area contributed by atoms with E-state index in [1.54, 1.807) is 11.9 Å². The van der Waals surface area contributed by atoms with Crippen molar-refractivity contribution in [2.24, 2.45) is 4.99 Å². The Morgan fingerprint density at radius 2 is 1.78 bits per heavy atom. The largest absolute Gasteiger partial charge is 0.444 e. The number of amides is 1. The van der Waals surface area contributed by atoms with E-state index in [0.717, 1.165) is 12.4 Å². The van der Waals surface area contributed by atoms with Crippen molar-refractivity contribution in [2.75, 3.05) is 33.7 Å².